The van der Waals surface area contributed by atoms with Gasteiger partial charge in [-0.1, -0.05) is 18.2 Å². The lowest BCUT2D eigenvalue weighted by Gasteiger charge is -2.23. The molecule has 0 saturated heterocycles. The van der Waals surface area contributed by atoms with E-state index in [0.29, 0.717) is 12.2 Å². The Morgan fingerprint density at radius 3 is 2.82 bits per heavy atom. The van der Waals surface area contributed by atoms with E-state index in [1.54, 1.807) is 13.1 Å². The molecule has 0 spiro atoms. The first kappa shape index (κ1) is 11.7. The Balaban J connectivity index is 2.54. The second-order valence-corrected chi connectivity index (χ2v) is 4.31. The molecule has 1 aromatic carbocycles. The molecule has 0 aliphatic carbocycles. The molecule has 2 aromatic rings. The number of fused-ring (bicyclic) bond motifs is 1. The Bertz CT molecular complexity index is 525. The van der Waals surface area contributed by atoms with Crippen LogP contribution in [0.4, 0.5) is 11.4 Å². The number of anilines is 2. The quantitative estimate of drug-likeness (QED) is 0.843. The van der Waals surface area contributed by atoms with Crippen molar-refractivity contribution in [3.8, 4) is 0 Å². The van der Waals surface area contributed by atoms with Crippen LogP contribution in [0.5, 0.6) is 0 Å². The van der Waals surface area contributed by atoms with Gasteiger partial charge in [0.25, 0.3) is 0 Å². The SMILES string of the molecule is CC(O)CN(C)c1c(N)cnc2ccccc12. The van der Waals surface area contributed by atoms with Gasteiger partial charge in [0.2, 0.25) is 0 Å². The summed E-state index contributed by atoms with van der Waals surface area (Å²) in [6.07, 6.45) is 1.27. The van der Waals surface area contributed by atoms with Crippen LogP contribution in [-0.4, -0.2) is 29.8 Å². The van der Waals surface area contributed by atoms with Crippen LogP contribution in [0.25, 0.3) is 10.9 Å². The zero-order chi connectivity index (χ0) is 12.4. The van der Waals surface area contributed by atoms with E-state index in [1.807, 2.05) is 36.2 Å². The smallest absolute Gasteiger partial charge is 0.0745 e. The van der Waals surface area contributed by atoms with Gasteiger partial charge in [0, 0.05) is 19.0 Å². The third-order valence-corrected chi connectivity index (χ3v) is 2.70. The predicted molar refractivity (Wildman–Crippen MR) is 71.1 cm³/mol. The Hall–Kier alpha value is -1.81. The van der Waals surface area contributed by atoms with Gasteiger partial charge in [0.1, 0.15) is 0 Å². The van der Waals surface area contributed by atoms with Crippen molar-refractivity contribution in [2.24, 2.45) is 0 Å². The molecular weight excluding hydrogens is 214 g/mol. The maximum Gasteiger partial charge on any atom is 0.0745 e. The van der Waals surface area contributed by atoms with Gasteiger partial charge in [-0.15, -0.1) is 0 Å². The van der Waals surface area contributed by atoms with E-state index >= 15 is 0 Å². The van der Waals surface area contributed by atoms with Crippen LogP contribution in [0.2, 0.25) is 0 Å². The fraction of sp³-hybridized carbons (Fsp3) is 0.308. The maximum atomic E-state index is 9.45. The van der Waals surface area contributed by atoms with Crippen molar-refractivity contribution in [2.75, 3.05) is 24.2 Å². The number of hydrogen-bond acceptors (Lipinski definition) is 4. The fourth-order valence-electron chi connectivity index (χ4n) is 2.06. The monoisotopic (exact) mass is 231 g/mol. The number of nitrogens with two attached hydrogens (primary N) is 1. The standard InChI is InChI=1S/C13H17N3O/c1-9(17)8-16(2)13-10-5-3-4-6-12(10)15-7-11(13)14/h3-7,9,17H,8,14H2,1-2H3. The van der Waals surface area contributed by atoms with E-state index in [4.69, 9.17) is 5.73 Å². The Morgan fingerprint density at radius 1 is 1.41 bits per heavy atom. The van der Waals surface area contributed by atoms with Crippen LogP contribution in [-0.2, 0) is 0 Å². The van der Waals surface area contributed by atoms with Crippen LogP contribution in [0.15, 0.2) is 30.5 Å². The summed E-state index contributed by atoms with van der Waals surface area (Å²) in [4.78, 5) is 6.25. The first-order valence-electron chi connectivity index (χ1n) is 5.62. The molecule has 17 heavy (non-hydrogen) atoms. The van der Waals surface area contributed by atoms with Crippen molar-refractivity contribution in [1.82, 2.24) is 4.98 Å². The number of aliphatic hydroxyl groups is 1. The van der Waals surface area contributed by atoms with Crippen LogP contribution in [0.1, 0.15) is 6.92 Å². The lowest BCUT2D eigenvalue weighted by Crippen LogP contribution is -2.27. The minimum atomic E-state index is -0.397. The van der Waals surface area contributed by atoms with Gasteiger partial charge in [0.05, 0.1) is 29.2 Å². The average molecular weight is 231 g/mol. The highest BCUT2D eigenvalue weighted by Gasteiger charge is 2.12. The summed E-state index contributed by atoms with van der Waals surface area (Å²) in [7, 11) is 1.92. The third kappa shape index (κ3) is 2.31. The number of nitrogen functional groups attached to an aromatic ring is 1. The van der Waals surface area contributed by atoms with Crippen molar-refractivity contribution < 1.29 is 5.11 Å². The number of nitrogens with zero attached hydrogens (tertiary/aromatic N) is 2. The highest BCUT2D eigenvalue weighted by Crippen LogP contribution is 2.30. The normalized spacial score (nSPS) is 12.6. The van der Waals surface area contributed by atoms with Gasteiger partial charge in [-0.3, -0.25) is 4.98 Å². The van der Waals surface area contributed by atoms with Crippen molar-refractivity contribution >= 4 is 22.3 Å². The number of rotatable bonds is 3. The molecule has 0 radical (unpaired) electrons. The van der Waals surface area contributed by atoms with Gasteiger partial charge in [-0.25, -0.2) is 0 Å². The fourth-order valence-corrected chi connectivity index (χ4v) is 2.06. The molecular formula is C13H17N3O. The zero-order valence-corrected chi connectivity index (χ0v) is 10.1. The number of pyridine rings is 1. The van der Waals surface area contributed by atoms with E-state index in [2.05, 4.69) is 4.98 Å². The number of aliphatic hydroxyl groups excluding tert-OH is 1. The van der Waals surface area contributed by atoms with E-state index in [9.17, 15) is 5.11 Å². The number of hydrogen-bond donors (Lipinski definition) is 2. The number of likely N-dealkylation sites (N-methyl/N-ethyl adjacent to an activating group) is 1. The topological polar surface area (TPSA) is 62.4 Å². The van der Waals surface area contributed by atoms with Crippen molar-refractivity contribution in [1.29, 1.82) is 0 Å². The molecule has 0 amide bonds. The minimum Gasteiger partial charge on any atom is -0.396 e. The molecule has 1 aromatic heterocycles. The predicted octanol–water partition coefficient (Wildman–Crippen LogP) is 1.63. The number of para-hydroxylation sites is 1. The first-order chi connectivity index (χ1) is 8.09. The second kappa shape index (κ2) is 4.59. The van der Waals surface area contributed by atoms with Gasteiger partial charge in [-0.05, 0) is 13.0 Å². The van der Waals surface area contributed by atoms with Crippen LogP contribution in [0, 0.1) is 0 Å². The molecule has 90 valence electrons. The third-order valence-electron chi connectivity index (χ3n) is 2.70. The minimum absolute atomic E-state index is 0.397. The molecule has 1 heterocycles. The molecule has 0 bridgehead atoms. The van der Waals surface area contributed by atoms with Gasteiger partial charge in [-0.2, -0.15) is 0 Å². The molecule has 2 rings (SSSR count). The van der Waals surface area contributed by atoms with E-state index in [-0.39, 0.29) is 0 Å². The van der Waals surface area contributed by atoms with Crippen molar-refractivity contribution in [3.05, 3.63) is 30.5 Å². The zero-order valence-electron chi connectivity index (χ0n) is 10.1. The number of aromatic nitrogens is 1. The summed E-state index contributed by atoms with van der Waals surface area (Å²) in [5, 5.41) is 10.5. The van der Waals surface area contributed by atoms with Crippen LogP contribution >= 0.6 is 0 Å². The number of benzene rings is 1. The Morgan fingerprint density at radius 2 is 2.12 bits per heavy atom. The molecule has 4 heteroatoms. The highest BCUT2D eigenvalue weighted by molar-refractivity contribution is 5.97. The molecule has 1 atom stereocenters. The Labute approximate surface area is 101 Å². The molecule has 0 saturated carbocycles. The van der Waals surface area contributed by atoms with E-state index < -0.39 is 6.10 Å². The molecule has 0 aliphatic heterocycles. The summed E-state index contributed by atoms with van der Waals surface area (Å²) in [5.74, 6) is 0. The molecule has 3 N–H and O–H groups in total. The lowest BCUT2D eigenvalue weighted by atomic mass is 10.1. The summed E-state index contributed by atoms with van der Waals surface area (Å²) >= 11 is 0. The highest BCUT2D eigenvalue weighted by atomic mass is 16.3. The summed E-state index contributed by atoms with van der Waals surface area (Å²) in [6.45, 7) is 2.30. The molecule has 1 unspecified atom stereocenters. The summed E-state index contributed by atoms with van der Waals surface area (Å²) in [5.41, 5.74) is 8.45. The summed E-state index contributed by atoms with van der Waals surface area (Å²) in [6, 6.07) is 7.86. The van der Waals surface area contributed by atoms with Gasteiger partial charge < -0.3 is 15.7 Å². The maximum absolute atomic E-state index is 9.45. The van der Waals surface area contributed by atoms with Crippen molar-refractivity contribution in [3.63, 3.8) is 0 Å². The Kier molecular flexibility index (Phi) is 3.15. The van der Waals surface area contributed by atoms with Crippen LogP contribution in [0.3, 0.4) is 0 Å². The van der Waals surface area contributed by atoms with Gasteiger partial charge >= 0.3 is 0 Å². The molecule has 4 nitrogen and oxygen atoms in total. The molecule has 0 aliphatic rings. The van der Waals surface area contributed by atoms with Gasteiger partial charge in [0.15, 0.2) is 0 Å². The average Bonchev–Trinajstić information content (AvgIpc) is 2.27. The molecule has 0 fully saturated rings. The summed E-state index contributed by atoms with van der Waals surface area (Å²) < 4.78 is 0. The van der Waals surface area contributed by atoms with E-state index in [1.165, 1.54) is 0 Å². The second-order valence-electron chi connectivity index (χ2n) is 4.31. The lowest BCUT2D eigenvalue weighted by molar-refractivity contribution is 0.202. The van der Waals surface area contributed by atoms with Crippen molar-refractivity contribution in [2.45, 2.75) is 13.0 Å². The van der Waals surface area contributed by atoms with E-state index in [0.717, 1.165) is 16.6 Å². The van der Waals surface area contributed by atoms with Crippen LogP contribution < -0.4 is 10.6 Å². The first-order valence-corrected chi connectivity index (χ1v) is 5.62. The largest absolute Gasteiger partial charge is 0.396 e.